The molecule has 0 aliphatic heterocycles. The average Bonchev–Trinajstić information content (AvgIpc) is 2.00. The van der Waals surface area contributed by atoms with Crippen molar-refractivity contribution in [2.45, 2.75) is 31.7 Å². The lowest BCUT2D eigenvalue weighted by molar-refractivity contribution is -0.646. The lowest BCUT2D eigenvalue weighted by Crippen LogP contribution is -2.29. The highest BCUT2D eigenvalue weighted by Crippen LogP contribution is 2.12. The Morgan fingerprint density at radius 3 is 2.83 bits per heavy atom. The first kappa shape index (κ1) is 9.39. The number of pyridine rings is 1. The van der Waals surface area contributed by atoms with Crippen molar-refractivity contribution in [3.05, 3.63) is 28.6 Å². The summed E-state index contributed by atoms with van der Waals surface area (Å²) in [7, 11) is 0. The number of rotatable bonds is 2. The van der Waals surface area contributed by atoms with E-state index >= 15 is 0 Å². The maximum absolute atomic E-state index is 11.2. The quantitative estimate of drug-likeness (QED) is 0.423. The highest BCUT2D eigenvalue weighted by molar-refractivity contribution is 7.80. The molecule has 2 nitrogen and oxygen atoms in total. The Bertz CT molecular complexity index is 286. The molecule has 0 aromatic carbocycles. The summed E-state index contributed by atoms with van der Waals surface area (Å²) in [4.78, 5) is 0. The summed E-state index contributed by atoms with van der Waals surface area (Å²) in [6.07, 6.45) is 3.50. The predicted octanol–water partition coefficient (Wildman–Crippen LogP) is 1.87. The molecular weight excluding hydrogens is 170 g/mol. The van der Waals surface area contributed by atoms with Crippen molar-refractivity contribution in [1.82, 2.24) is 0 Å². The Hall–Kier alpha value is -0.700. The van der Waals surface area contributed by atoms with Gasteiger partial charge in [-0.2, -0.15) is 4.73 Å². The van der Waals surface area contributed by atoms with Crippen molar-refractivity contribution in [2.75, 3.05) is 0 Å². The van der Waals surface area contributed by atoms with Gasteiger partial charge in [-0.25, -0.2) is 0 Å². The molecule has 0 spiro atoms. The maximum Gasteiger partial charge on any atom is 0.251 e. The SMILES string of the molecule is CCCc1cc(C)c[n+]([O-])c1S. The minimum atomic E-state index is 0.530. The zero-order valence-corrected chi connectivity index (χ0v) is 8.27. The maximum atomic E-state index is 11.2. The van der Waals surface area contributed by atoms with E-state index in [1.807, 2.05) is 13.0 Å². The van der Waals surface area contributed by atoms with Crippen LogP contribution in [0.1, 0.15) is 24.5 Å². The van der Waals surface area contributed by atoms with E-state index in [2.05, 4.69) is 19.6 Å². The predicted molar refractivity (Wildman–Crippen MR) is 51.4 cm³/mol. The molecule has 0 unspecified atom stereocenters. The molecule has 1 rings (SSSR count). The monoisotopic (exact) mass is 183 g/mol. The fraction of sp³-hybridized carbons (Fsp3) is 0.444. The largest absolute Gasteiger partial charge is 0.618 e. The van der Waals surface area contributed by atoms with Crippen LogP contribution in [0.2, 0.25) is 0 Å². The summed E-state index contributed by atoms with van der Waals surface area (Å²) in [6.45, 7) is 4.01. The molecule has 12 heavy (non-hydrogen) atoms. The minimum Gasteiger partial charge on any atom is -0.618 e. The third-order valence-electron chi connectivity index (χ3n) is 1.74. The van der Waals surface area contributed by atoms with Gasteiger partial charge in [0.05, 0.1) is 0 Å². The molecule has 3 heteroatoms. The van der Waals surface area contributed by atoms with Gasteiger partial charge < -0.3 is 5.21 Å². The van der Waals surface area contributed by atoms with E-state index in [9.17, 15) is 5.21 Å². The number of thiol groups is 1. The molecule has 0 amide bonds. The van der Waals surface area contributed by atoms with Gasteiger partial charge in [0.15, 0.2) is 6.20 Å². The van der Waals surface area contributed by atoms with Crippen LogP contribution in [0.25, 0.3) is 0 Å². The summed E-state index contributed by atoms with van der Waals surface area (Å²) >= 11 is 4.14. The number of aromatic nitrogens is 1. The van der Waals surface area contributed by atoms with Gasteiger partial charge in [-0.3, -0.25) is 0 Å². The van der Waals surface area contributed by atoms with E-state index in [1.165, 1.54) is 0 Å². The second-order valence-corrected chi connectivity index (χ2v) is 3.37. The smallest absolute Gasteiger partial charge is 0.251 e. The second kappa shape index (κ2) is 3.81. The van der Waals surface area contributed by atoms with Crippen LogP contribution in [0, 0.1) is 12.1 Å². The van der Waals surface area contributed by atoms with Gasteiger partial charge in [-0.15, -0.1) is 0 Å². The molecule has 1 aromatic heterocycles. The topological polar surface area (TPSA) is 26.9 Å². The zero-order valence-electron chi connectivity index (χ0n) is 7.37. The van der Waals surface area contributed by atoms with E-state index in [1.54, 1.807) is 6.20 Å². The Kier molecular flexibility index (Phi) is 2.98. The van der Waals surface area contributed by atoms with Crippen molar-refractivity contribution < 1.29 is 4.73 Å². The molecule has 0 bridgehead atoms. The lowest BCUT2D eigenvalue weighted by Gasteiger charge is -2.05. The van der Waals surface area contributed by atoms with Crippen molar-refractivity contribution in [1.29, 1.82) is 0 Å². The first-order valence-corrected chi connectivity index (χ1v) is 4.51. The van der Waals surface area contributed by atoms with Gasteiger partial charge in [0.1, 0.15) is 0 Å². The average molecular weight is 183 g/mol. The van der Waals surface area contributed by atoms with Gasteiger partial charge in [-0.1, -0.05) is 26.0 Å². The van der Waals surface area contributed by atoms with E-state index < -0.39 is 0 Å². The Balaban J connectivity index is 3.09. The van der Waals surface area contributed by atoms with E-state index in [4.69, 9.17) is 0 Å². The zero-order chi connectivity index (χ0) is 9.14. The number of hydrogen-bond acceptors (Lipinski definition) is 2. The summed E-state index contributed by atoms with van der Waals surface area (Å²) in [5, 5.41) is 11.7. The summed E-state index contributed by atoms with van der Waals surface area (Å²) in [5.41, 5.74) is 2.03. The molecule has 66 valence electrons. The van der Waals surface area contributed by atoms with Crippen molar-refractivity contribution in [2.24, 2.45) is 0 Å². The lowest BCUT2D eigenvalue weighted by atomic mass is 10.1. The van der Waals surface area contributed by atoms with Crippen LogP contribution in [-0.4, -0.2) is 0 Å². The van der Waals surface area contributed by atoms with E-state index in [-0.39, 0.29) is 0 Å². The molecule has 0 aliphatic rings. The van der Waals surface area contributed by atoms with Crippen LogP contribution in [0.5, 0.6) is 0 Å². The number of hydrogen-bond donors (Lipinski definition) is 1. The van der Waals surface area contributed by atoms with Crippen LogP contribution in [0.15, 0.2) is 17.3 Å². The highest BCUT2D eigenvalue weighted by Gasteiger charge is 2.07. The van der Waals surface area contributed by atoms with Crippen LogP contribution in [0.4, 0.5) is 0 Å². The van der Waals surface area contributed by atoms with Gasteiger partial charge in [-0.05, 0) is 19.4 Å². The summed E-state index contributed by atoms with van der Waals surface area (Å²) < 4.78 is 0.823. The third kappa shape index (κ3) is 1.91. The number of nitrogens with zero attached hydrogens (tertiary/aromatic N) is 1. The van der Waals surface area contributed by atoms with Crippen molar-refractivity contribution in [3.63, 3.8) is 0 Å². The van der Waals surface area contributed by atoms with Gasteiger partial charge in [0.25, 0.3) is 5.03 Å². The molecule has 0 saturated heterocycles. The molecule has 0 saturated carbocycles. The van der Waals surface area contributed by atoms with Gasteiger partial charge >= 0.3 is 0 Å². The first-order chi connectivity index (χ1) is 5.65. The van der Waals surface area contributed by atoms with E-state index in [0.717, 1.165) is 28.7 Å². The summed E-state index contributed by atoms with van der Waals surface area (Å²) in [6, 6.07) is 2.01. The number of aryl methyl sites for hydroxylation is 2. The van der Waals surface area contributed by atoms with Gasteiger partial charge in [0.2, 0.25) is 0 Å². The fourth-order valence-electron chi connectivity index (χ4n) is 1.22. The van der Waals surface area contributed by atoms with Crippen LogP contribution in [-0.2, 0) is 6.42 Å². The molecule has 0 aliphatic carbocycles. The van der Waals surface area contributed by atoms with Crippen molar-refractivity contribution in [3.8, 4) is 0 Å². The summed E-state index contributed by atoms with van der Waals surface area (Å²) in [5.74, 6) is 0. The normalized spacial score (nSPS) is 10.2. The van der Waals surface area contributed by atoms with Crippen LogP contribution < -0.4 is 4.73 Å². The van der Waals surface area contributed by atoms with Crippen LogP contribution in [0.3, 0.4) is 0 Å². The standard InChI is InChI=1S/C9H13NOS/c1-3-4-8-5-7(2)6-10(11)9(8)12/h5-6,12H,3-4H2,1-2H3. The minimum absolute atomic E-state index is 0.530. The molecule has 0 radical (unpaired) electrons. The molecule has 0 N–H and O–H groups in total. The molecule has 0 atom stereocenters. The van der Waals surface area contributed by atoms with Crippen molar-refractivity contribution >= 4 is 12.6 Å². The fourth-order valence-corrected chi connectivity index (χ4v) is 1.45. The Labute approximate surface area is 78.2 Å². The molecule has 1 heterocycles. The van der Waals surface area contributed by atoms with Gasteiger partial charge in [0, 0.05) is 11.1 Å². The molecular formula is C9H13NOS. The molecule has 1 aromatic rings. The van der Waals surface area contributed by atoms with Crippen LogP contribution >= 0.6 is 12.6 Å². The van der Waals surface area contributed by atoms with E-state index in [0.29, 0.717) is 5.03 Å². The second-order valence-electron chi connectivity index (χ2n) is 2.94. The Morgan fingerprint density at radius 2 is 2.25 bits per heavy atom. The third-order valence-corrected chi connectivity index (χ3v) is 2.22. The highest BCUT2D eigenvalue weighted by atomic mass is 32.1. The first-order valence-electron chi connectivity index (χ1n) is 4.06. The molecule has 0 fully saturated rings. The Morgan fingerprint density at radius 1 is 1.58 bits per heavy atom.